The first-order valence-corrected chi connectivity index (χ1v) is 18.3. The van der Waals surface area contributed by atoms with Gasteiger partial charge in [0.2, 0.25) is 0 Å². The predicted molar refractivity (Wildman–Crippen MR) is 182 cm³/mol. The maximum absolute atomic E-state index is 6.04. The highest BCUT2D eigenvalue weighted by Gasteiger charge is 2.44. The number of ether oxygens (including phenoxy) is 2. The van der Waals surface area contributed by atoms with Gasteiger partial charge in [-0.2, -0.15) is 0 Å². The second-order valence-corrected chi connectivity index (χ2v) is 15.4. The first-order chi connectivity index (χ1) is 20.0. The van der Waals surface area contributed by atoms with Crippen molar-refractivity contribution in [3.8, 4) is 0 Å². The van der Waals surface area contributed by atoms with Gasteiger partial charge in [0.1, 0.15) is 23.2 Å². The maximum Gasteiger partial charge on any atom is 0.157 e. The molecule has 0 N–H and O–H groups in total. The number of halogens is 1. The van der Waals surface area contributed by atoms with Crippen molar-refractivity contribution in [3.63, 3.8) is 0 Å². The molecule has 0 heterocycles. The highest BCUT2D eigenvalue weighted by atomic mass is 127. The van der Waals surface area contributed by atoms with E-state index in [9.17, 15) is 0 Å². The highest BCUT2D eigenvalue weighted by molar-refractivity contribution is 7.95. The third kappa shape index (κ3) is 11.7. The Kier molecular flexibility index (Phi) is 18.2. The Balaban J connectivity index is 0.00000616. The Morgan fingerprint density at radius 2 is 0.857 bits per heavy atom. The fourth-order valence-corrected chi connectivity index (χ4v) is 9.87. The fraction of sp³-hybridized carbons (Fsp3) is 0.526. The van der Waals surface area contributed by atoms with Crippen LogP contribution in [0.15, 0.2) is 72.8 Å². The van der Waals surface area contributed by atoms with Gasteiger partial charge < -0.3 is 33.5 Å². The molecule has 0 unspecified atom stereocenters. The van der Waals surface area contributed by atoms with E-state index in [1.54, 1.807) is 0 Å². The van der Waals surface area contributed by atoms with E-state index in [-0.39, 0.29) is 30.3 Å². The van der Waals surface area contributed by atoms with Gasteiger partial charge in [0.15, 0.2) is 6.29 Å². The Labute approximate surface area is 275 Å². The summed E-state index contributed by atoms with van der Waals surface area (Å²) in [4.78, 5) is 0. The normalized spacial score (nSPS) is 11.6. The molecule has 0 bridgehead atoms. The fourth-order valence-electron chi connectivity index (χ4n) is 5.53. The van der Waals surface area contributed by atoms with Crippen molar-refractivity contribution < 1.29 is 33.5 Å². The number of benzene rings is 3. The summed E-state index contributed by atoms with van der Waals surface area (Å²) in [6, 6.07) is 28.3. The molecule has 3 rings (SSSR count). The average Bonchev–Trinajstić information content (AvgIpc) is 2.98. The van der Waals surface area contributed by atoms with Gasteiger partial charge in [0.25, 0.3) is 0 Å². The van der Waals surface area contributed by atoms with Crippen molar-refractivity contribution in [3.05, 3.63) is 89.5 Å². The Morgan fingerprint density at radius 1 is 0.500 bits per heavy atom. The molecule has 0 amide bonds. The standard InChI is InChI=1S/C38H56O2P.HI/c1-6-8-29-39-38(40-30-9-7-2)16-14-12-10-11-13-15-31-41(35-23-17-32(3)18-24-35,36-25-19-33(4)20-26-36)37-27-21-34(5)22-28-37;/h17-28,38H,6-16,29-31H2,1-5H3;1H/q+1;/p-1. The molecule has 0 aromatic heterocycles. The molecule has 0 aliphatic carbocycles. The van der Waals surface area contributed by atoms with Gasteiger partial charge in [0.05, 0.1) is 6.16 Å². The summed E-state index contributed by atoms with van der Waals surface area (Å²) in [6.45, 7) is 12.6. The topological polar surface area (TPSA) is 18.5 Å². The van der Waals surface area contributed by atoms with E-state index >= 15 is 0 Å². The second kappa shape index (κ2) is 20.7. The number of rotatable bonds is 20. The maximum atomic E-state index is 6.04. The van der Waals surface area contributed by atoms with Crippen molar-refractivity contribution in [2.45, 2.75) is 112 Å². The van der Waals surface area contributed by atoms with Gasteiger partial charge in [-0.1, -0.05) is 99.0 Å². The Morgan fingerprint density at radius 3 is 1.24 bits per heavy atom. The lowest BCUT2D eigenvalue weighted by molar-refractivity contribution is -0.147. The lowest BCUT2D eigenvalue weighted by atomic mass is 10.1. The molecule has 0 saturated carbocycles. The van der Waals surface area contributed by atoms with Crippen molar-refractivity contribution in [1.29, 1.82) is 0 Å². The quantitative estimate of drug-likeness (QED) is 0.0573. The van der Waals surface area contributed by atoms with Gasteiger partial charge in [-0.15, -0.1) is 0 Å². The largest absolute Gasteiger partial charge is 1.00 e. The van der Waals surface area contributed by atoms with E-state index in [0.717, 1.165) is 32.5 Å². The minimum atomic E-state index is -1.75. The number of unbranched alkanes of at least 4 members (excludes halogenated alkanes) is 7. The molecule has 42 heavy (non-hydrogen) atoms. The summed E-state index contributed by atoms with van der Waals surface area (Å²) in [5, 5.41) is 4.52. The zero-order valence-corrected chi connectivity index (χ0v) is 30.1. The lowest BCUT2D eigenvalue weighted by Gasteiger charge is -2.28. The van der Waals surface area contributed by atoms with E-state index in [0.29, 0.717) is 0 Å². The van der Waals surface area contributed by atoms with E-state index in [1.807, 2.05) is 0 Å². The van der Waals surface area contributed by atoms with Crippen LogP contribution in [0.1, 0.15) is 101 Å². The van der Waals surface area contributed by atoms with Crippen molar-refractivity contribution in [2.75, 3.05) is 19.4 Å². The van der Waals surface area contributed by atoms with Crippen LogP contribution >= 0.6 is 7.26 Å². The molecule has 0 radical (unpaired) electrons. The molecular formula is C38H56IO2P. The first-order valence-electron chi connectivity index (χ1n) is 16.3. The zero-order chi connectivity index (χ0) is 29.3. The molecule has 232 valence electrons. The van der Waals surface area contributed by atoms with Crippen LogP contribution in [0.25, 0.3) is 0 Å². The minimum absolute atomic E-state index is 0. The van der Waals surface area contributed by atoms with Crippen LogP contribution in [0, 0.1) is 20.8 Å². The number of aryl methyl sites for hydroxylation is 3. The van der Waals surface area contributed by atoms with Crippen molar-refractivity contribution in [2.24, 2.45) is 0 Å². The van der Waals surface area contributed by atoms with E-state index < -0.39 is 7.26 Å². The summed E-state index contributed by atoms with van der Waals surface area (Å²) in [7, 11) is -1.75. The monoisotopic (exact) mass is 702 g/mol. The van der Waals surface area contributed by atoms with E-state index in [4.69, 9.17) is 9.47 Å². The Bertz CT molecular complexity index is 975. The van der Waals surface area contributed by atoms with E-state index in [2.05, 4.69) is 107 Å². The van der Waals surface area contributed by atoms with Crippen molar-refractivity contribution >= 4 is 23.2 Å². The second-order valence-electron chi connectivity index (χ2n) is 11.8. The minimum Gasteiger partial charge on any atom is -1.00 e. The molecule has 0 spiro atoms. The zero-order valence-electron chi connectivity index (χ0n) is 27.0. The van der Waals surface area contributed by atoms with Gasteiger partial charge in [-0.25, -0.2) is 0 Å². The molecule has 4 heteroatoms. The SMILES string of the molecule is CCCCOC(CCCCCCCC[P+](c1ccc(C)cc1)(c1ccc(C)cc1)c1ccc(C)cc1)OCCCC.[I-]. The van der Waals surface area contributed by atoms with Crippen LogP contribution in [-0.2, 0) is 9.47 Å². The molecule has 0 saturated heterocycles. The summed E-state index contributed by atoms with van der Waals surface area (Å²) < 4.78 is 12.1. The molecule has 3 aromatic carbocycles. The van der Waals surface area contributed by atoms with Crippen LogP contribution in [0.2, 0.25) is 0 Å². The first kappa shape index (κ1) is 36.9. The summed E-state index contributed by atoms with van der Waals surface area (Å²) >= 11 is 0. The molecule has 0 aliphatic heterocycles. The predicted octanol–water partition coefficient (Wildman–Crippen LogP) is 6.60. The smallest absolute Gasteiger partial charge is 0.157 e. The number of hydrogen-bond acceptors (Lipinski definition) is 2. The van der Waals surface area contributed by atoms with Gasteiger partial charge >= 0.3 is 0 Å². The average molecular weight is 703 g/mol. The molecule has 0 aliphatic rings. The van der Waals surface area contributed by atoms with Crippen LogP contribution in [0.5, 0.6) is 0 Å². The molecule has 0 fully saturated rings. The van der Waals surface area contributed by atoms with Crippen molar-refractivity contribution in [1.82, 2.24) is 0 Å². The summed E-state index contributed by atoms with van der Waals surface area (Å²) in [5.41, 5.74) is 3.98. The van der Waals surface area contributed by atoms with Gasteiger partial charge in [-0.3, -0.25) is 0 Å². The van der Waals surface area contributed by atoms with Crippen LogP contribution in [-0.4, -0.2) is 25.7 Å². The number of hydrogen-bond donors (Lipinski definition) is 0. The third-order valence-electron chi connectivity index (χ3n) is 8.21. The summed E-state index contributed by atoms with van der Waals surface area (Å²) in [5.74, 6) is 0. The van der Waals surface area contributed by atoms with E-state index in [1.165, 1.54) is 90.1 Å². The van der Waals surface area contributed by atoms with Gasteiger partial charge in [-0.05, 0) is 95.7 Å². The van der Waals surface area contributed by atoms with Crippen LogP contribution in [0.3, 0.4) is 0 Å². The Hall–Kier alpha value is -1.26. The van der Waals surface area contributed by atoms with Crippen LogP contribution in [0.4, 0.5) is 0 Å². The molecule has 0 atom stereocenters. The molecular weight excluding hydrogens is 646 g/mol. The summed E-state index contributed by atoms with van der Waals surface area (Å²) in [6.07, 6.45) is 14.4. The highest BCUT2D eigenvalue weighted by Crippen LogP contribution is 2.56. The molecule has 3 aromatic rings. The van der Waals surface area contributed by atoms with Gasteiger partial charge in [0, 0.05) is 13.2 Å². The van der Waals surface area contributed by atoms with Crippen LogP contribution < -0.4 is 39.9 Å². The third-order valence-corrected chi connectivity index (χ3v) is 12.7. The lowest BCUT2D eigenvalue weighted by Crippen LogP contribution is -3.00. The molecule has 2 nitrogen and oxygen atoms in total.